The first-order valence-electron chi connectivity index (χ1n) is 5.36. The van der Waals surface area contributed by atoms with Crippen molar-refractivity contribution in [3.8, 4) is 0 Å². The van der Waals surface area contributed by atoms with Crippen LogP contribution in [-0.2, 0) is 0 Å². The summed E-state index contributed by atoms with van der Waals surface area (Å²) in [6.07, 6.45) is 2.29. The summed E-state index contributed by atoms with van der Waals surface area (Å²) in [5, 5.41) is 19.0. The van der Waals surface area contributed by atoms with E-state index in [1.165, 1.54) is 6.42 Å². The van der Waals surface area contributed by atoms with Gasteiger partial charge >= 0.3 is 0 Å². The molecule has 0 aromatic rings. The van der Waals surface area contributed by atoms with Crippen LogP contribution in [-0.4, -0.2) is 22.4 Å². The van der Waals surface area contributed by atoms with Crippen molar-refractivity contribution in [3.63, 3.8) is 0 Å². The summed E-state index contributed by atoms with van der Waals surface area (Å²) < 4.78 is 0. The molecule has 13 heavy (non-hydrogen) atoms. The van der Waals surface area contributed by atoms with E-state index in [-0.39, 0.29) is 0 Å². The molecule has 0 aromatic carbocycles. The van der Waals surface area contributed by atoms with E-state index in [1.54, 1.807) is 6.92 Å². The predicted molar refractivity (Wildman–Crippen MR) is 53.4 cm³/mol. The molecule has 0 saturated heterocycles. The number of rotatable bonds is 2. The summed E-state index contributed by atoms with van der Waals surface area (Å²) in [7, 11) is 0. The lowest BCUT2D eigenvalue weighted by atomic mass is 9.74. The lowest BCUT2D eigenvalue weighted by molar-refractivity contribution is -0.0299. The van der Waals surface area contributed by atoms with E-state index in [2.05, 4.69) is 13.8 Å². The third-order valence-electron chi connectivity index (χ3n) is 3.19. The number of aliphatic hydroxyl groups excluding tert-OH is 2. The summed E-state index contributed by atoms with van der Waals surface area (Å²) in [6, 6.07) is 0. The molecule has 4 atom stereocenters. The van der Waals surface area contributed by atoms with Gasteiger partial charge in [-0.2, -0.15) is 0 Å². The molecule has 0 bridgehead atoms. The van der Waals surface area contributed by atoms with Crippen molar-refractivity contribution in [3.05, 3.63) is 0 Å². The van der Waals surface area contributed by atoms with E-state index in [0.29, 0.717) is 17.8 Å². The van der Waals surface area contributed by atoms with E-state index < -0.39 is 12.2 Å². The van der Waals surface area contributed by atoms with Crippen molar-refractivity contribution in [2.24, 2.45) is 17.8 Å². The normalized spacial score (nSPS) is 39.9. The molecule has 0 aliphatic heterocycles. The second-order valence-electron chi connectivity index (χ2n) is 4.91. The largest absolute Gasteiger partial charge is 0.391 e. The summed E-state index contributed by atoms with van der Waals surface area (Å²) in [4.78, 5) is 0. The molecule has 78 valence electrons. The molecular weight excluding hydrogens is 164 g/mol. The second kappa shape index (κ2) is 4.43. The lowest BCUT2D eigenvalue weighted by Gasteiger charge is -2.35. The molecule has 1 aliphatic carbocycles. The lowest BCUT2D eigenvalue weighted by Crippen LogP contribution is -2.36. The molecule has 1 aliphatic rings. The summed E-state index contributed by atoms with van der Waals surface area (Å²) >= 11 is 0. The molecule has 0 aromatic heterocycles. The van der Waals surface area contributed by atoms with Crippen LogP contribution in [0.15, 0.2) is 0 Å². The van der Waals surface area contributed by atoms with E-state index in [1.807, 2.05) is 0 Å². The molecular formula is C11H22O2. The number of hydrogen-bond donors (Lipinski definition) is 2. The van der Waals surface area contributed by atoms with Gasteiger partial charge in [0.2, 0.25) is 0 Å². The van der Waals surface area contributed by atoms with E-state index in [9.17, 15) is 10.2 Å². The Morgan fingerprint density at radius 2 is 1.46 bits per heavy atom. The Hall–Kier alpha value is -0.0800. The van der Waals surface area contributed by atoms with Crippen LogP contribution < -0.4 is 0 Å². The van der Waals surface area contributed by atoms with Crippen molar-refractivity contribution in [1.82, 2.24) is 0 Å². The first kappa shape index (κ1) is 11.0. The van der Waals surface area contributed by atoms with Gasteiger partial charge in [-0.1, -0.05) is 13.8 Å². The Labute approximate surface area is 81.0 Å². The van der Waals surface area contributed by atoms with Crippen LogP contribution in [0.4, 0.5) is 0 Å². The zero-order valence-electron chi connectivity index (χ0n) is 8.90. The highest BCUT2D eigenvalue weighted by Gasteiger charge is 2.30. The Balaban J connectivity index is 2.49. The minimum atomic E-state index is -0.581. The van der Waals surface area contributed by atoms with Gasteiger partial charge in [0.15, 0.2) is 0 Å². The average Bonchev–Trinajstić information content (AvgIpc) is 2.01. The molecule has 1 saturated carbocycles. The van der Waals surface area contributed by atoms with Gasteiger partial charge < -0.3 is 10.2 Å². The van der Waals surface area contributed by atoms with Crippen molar-refractivity contribution in [2.45, 2.75) is 52.2 Å². The van der Waals surface area contributed by atoms with Gasteiger partial charge in [-0.05, 0) is 43.9 Å². The average molecular weight is 186 g/mol. The first-order valence-corrected chi connectivity index (χ1v) is 5.36. The molecule has 2 N–H and O–H groups in total. The van der Waals surface area contributed by atoms with Gasteiger partial charge in [0.1, 0.15) is 0 Å². The van der Waals surface area contributed by atoms with Crippen LogP contribution in [0, 0.1) is 17.8 Å². The monoisotopic (exact) mass is 186 g/mol. The maximum Gasteiger partial charge on any atom is 0.0824 e. The van der Waals surface area contributed by atoms with Gasteiger partial charge in [-0.3, -0.25) is 0 Å². The fourth-order valence-electron chi connectivity index (χ4n) is 2.68. The zero-order valence-corrected chi connectivity index (χ0v) is 8.90. The van der Waals surface area contributed by atoms with Crippen molar-refractivity contribution in [1.29, 1.82) is 0 Å². The highest BCUT2D eigenvalue weighted by molar-refractivity contribution is 4.81. The Morgan fingerprint density at radius 3 is 1.85 bits per heavy atom. The van der Waals surface area contributed by atoms with Crippen LogP contribution in [0.2, 0.25) is 0 Å². The third kappa shape index (κ3) is 2.96. The smallest absolute Gasteiger partial charge is 0.0824 e. The molecule has 2 nitrogen and oxygen atoms in total. The fourth-order valence-corrected chi connectivity index (χ4v) is 2.68. The highest BCUT2D eigenvalue weighted by atomic mass is 16.3. The Bertz CT molecular complexity index is 146. The van der Waals surface area contributed by atoms with E-state index in [0.717, 1.165) is 12.8 Å². The zero-order chi connectivity index (χ0) is 10.0. The summed E-state index contributed by atoms with van der Waals surface area (Å²) in [5.74, 6) is 1.70. The molecule has 0 amide bonds. The molecule has 1 fully saturated rings. The predicted octanol–water partition coefficient (Wildman–Crippen LogP) is 1.80. The van der Waals surface area contributed by atoms with Gasteiger partial charge in [-0.15, -0.1) is 0 Å². The molecule has 0 spiro atoms. The van der Waals surface area contributed by atoms with Gasteiger partial charge in [0.25, 0.3) is 0 Å². The van der Waals surface area contributed by atoms with E-state index in [4.69, 9.17) is 0 Å². The van der Waals surface area contributed by atoms with Crippen LogP contribution >= 0.6 is 0 Å². The van der Waals surface area contributed by atoms with Crippen LogP contribution in [0.3, 0.4) is 0 Å². The van der Waals surface area contributed by atoms with Crippen molar-refractivity contribution < 1.29 is 10.2 Å². The number of hydrogen-bond acceptors (Lipinski definition) is 2. The van der Waals surface area contributed by atoms with Crippen LogP contribution in [0.5, 0.6) is 0 Å². The van der Waals surface area contributed by atoms with Crippen LogP contribution in [0.25, 0.3) is 0 Å². The standard InChI is InChI=1S/C11H22O2/c1-7-4-8(2)6-10(5-7)11(13)9(3)12/h7-13H,4-6H2,1-3H3. The highest BCUT2D eigenvalue weighted by Crippen LogP contribution is 2.35. The summed E-state index contributed by atoms with van der Waals surface area (Å²) in [5.41, 5.74) is 0. The third-order valence-corrected chi connectivity index (χ3v) is 3.19. The molecule has 1 rings (SSSR count). The van der Waals surface area contributed by atoms with E-state index >= 15 is 0 Å². The molecule has 2 heteroatoms. The van der Waals surface area contributed by atoms with Crippen molar-refractivity contribution >= 4 is 0 Å². The Kier molecular flexibility index (Phi) is 3.74. The quantitative estimate of drug-likeness (QED) is 0.690. The maximum atomic E-state index is 9.74. The second-order valence-corrected chi connectivity index (χ2v) is 4.91. The van der Waals surface area contributed by atoms with Gasteiger partial charge in [0.05, 0.1) is 12.2 Å². The topological polar surface area (TPSA) is 40.5 Å². The van der Waals surface area contributed by atoms with Gasteiger partial charge in [0, 0.05) is 0 Å². The minimum absolute atomic E-state index is 0.304. The number of aliphatic hydroxyl groups is 2. The molecule has 0 heterocycles. The fraction of sp³-hybridized carbons (Fsp3) is 1.00. The minimum Gasteiger partial charge on any atom is -0.391 e. The first-order chi connectivity index (χ1) is 6.00. The summed E-state index contributed by atoms with van der Waals surface area (Å²) in [6.45, 7) is 6.14. The molecule has 0 radical (unpaired) electrons. The maximum absolute atomic E-state index is 9.74. The molecule has 4 unspecified atom stereocenters. The Morgan fingerprint density at radius 1 is 1.00 bits per heavy atom. The van der Waals surface area contributed by atoms with Crippen molar-refractivity contribution in [2.75, 3.05) is 0 Å². The van der Waals surface area contributed by atoms with Gasteiger partial charge in [-0.25, -0.2) is 0 Å². The SMILES string of the molecule is CC1CC(C)CC(C(O)C(C)O)C1. The van der Waals surface area contributed by atoms with Crippen LogP contribution in [0.1, 0.15) is 40.0 Å².